The van der Waals surface area contributed by atoms with Gasteiger partial charge in [0.05, 0.1) is 18.4 Å². The van der Waals surface area contributed by atoms with Crippen LogP contribution in [0.25, 0.3) is 0 Å². The van der Waals surface area contributed by atoms with Gasteiger partial charge >= 0.3 is 0 Å². The van der Waals surface area contributed by atoms with Crippen LogP contribution >= 0.6 is 11.6 Å². The van der Waals surface area contributed by atoms with E-state index in [1.54, 1.807) is 19.2 Å². The predicted octanol–water partition coefficient (Wildman–Crippen LogP) is 4.39. The largest absolute Gasteiger partial charge is 0.497 e. The monoisotopic (exact) mass is 286 g/mol. The lowest BCUT2D eigenvalue weighted by Crippen LogP contribution is -2.08. The summed E-state index contributed by atoms with van der Waals surface area (Å²) in [6.45, 7) is 2.02. The smallest absolute Gasteiger partial charge is 0.121 e. The van der Waals surface area contributed by atoms with Crippen LogP contribution in [0.3, 0.4) is 0 Å². The molecule has 0 aliphatic carbocycles. The fourth-order valence-corrected chi connectivity index (χ4v) is 2.16. The molecule has 0 amide bonds. The van der Waals surface area contributed by atoms with E-state index in [9.17, 15) is 0 Å². The van der Waals surface area contributed by atoms with Gasteiger partial charge in [-0.3, -0.25) is 0 Å². The van der Waals surface area contributed by atoms with E-state index in [2.05, 4.69) is 11.4 Å². The topological polar surface area (TPSA) is 45.0 Å². The normalized spacial score (nSPS) is 11.5. The molecule has 1 unspecified atom stereocenters. The first-order valence-electron chi connectivity index (χ1n) is 6.24. The molecule has 4 heteroatoms. The summed E-state index contributed by atoms with van der Waals surface area (Å²) < 4.78 is 5.19. The first-order valence-corrected chi connectivity index (χ1v) is 6.62. The van der Waals surface area contributed by atoms with E-state index in [1.165, 1.54) is 0 Å². The van der Waals surface area contributed by atoms with Crippen molar-refractivity contribution in [2.24, 2.45) is 0 Å². The quantitative estimate of drug-likeness (QED) is 0.906. The Kier molecular flexibility index (Phi) is 4.49. The van der Waals surface area contributed by atoms with E-state index in [1.807, 2.05) is 37.3 Å². The second kappa shape index (κ2) is 6.31. The number of ether oxygens (including phenoxy) is 1. The molecule has 0 saturated carbocycles. The molecule has 0 spiro atoms. The van der Waals surface area contributed by atoms with Crippen molar-refractivity contribution in [3.8, 4) is 11.8 Å². The summed E-state index contributed by atoms with van der Waals surface area (Å²) in [6, 6.07) is 15.2. The van der Waals surface area contributed by atoms with Crippen LogP contribution < -0.4 is 10.1 Å². The highest BCUT2D eigenvalue weighted by Crippen LogP contribution is 2.27. The van der Waals surface area contributed by atoms with E-state index >= 15 is 0 Å². The van der Waals surface area contributed by atoms with Gasteiger partial charge in [-0.15, -0.1) is 0 Å². The second-order valence-electron chi connectivity index (χ2n) is 4.44. The highest BCUT2D eigenvalue weighted by Gasteiger charge is 2.10. The van der Waals surface area contributed by atoms with Crippen LogP contribution in [-0.4, -0.2) is 7.11 Å². The van der Waals surface area contributed by atoms with Gasteiger partial charge in [0.25, 0.3) is 0 Å². The first-order chi connectivity index (χ1) is 9.63. The Morgan fingerprint density at radius 3 is 2.70 bits per heavy atom. The average Bonchev–Trinajstić information content (AvgIpc) is 2.47. The maximum Gasteiger partial charge on any atom is 0.121 e. The van der Waals surface area contributed by atoms with Gasteiger partial charge in [0.2, 0.25) is 0 Å². The number of halogens is 1. The third-order valence-corrected chi connectivity index (χ3v) is 3.30. The predicted molar refractivity (Wildman–Crippen MR) is 81.2 cm³/mol. The lowest BCUT2D eigenvalue weighted by molar-refractivity contribution is 0.415. The molecule has 2 aromatic rings. The molecule has 0 saturated heterocycles. The molecule has 2 rings (SSSR count). The van der Waals surface area contributed by atoms with Crippen molar-refractivity contribution in [2.75, 3.05) is 12.4 Å². The Bertz CT molecular complexity index is 649. The van der Waals surface area contributed by atoms with Crippen molar-refractivity contribution < 1.29 is 4.74 Å². The molecule has 20 heavy (non-hydrogen) atoms. The summed E-state index contributed by atoms with van der Waals surface area (Å²) in [5, 5.41) is 13.2. The highest BCUT2D eigenvalue weighted by molar-refractivity contribution is 6.30. The zero-order valence-electron chi connectivity index (χ0n) is 11.4. The molecule has 2 aromatic carbocycles. The minimum absolute atomic E-state index is 0.0351. The molecule has 0 fully saturated rings. The van der Waals surface area contributed by atoms with Gasteiger partial charge in [0, 0.05) is 17.1 Å². The van der Waals surface area contributed by atoms with Gasteiger partial charge in [-0.2, -0.15) is 5.26 Å². The summed E-state index contributed by atoms with van der Waals surface area (Å²) in [5.41, 5.74) is 2.39. The van der Waals surface area contributed by atoms with Crippen LogP contribution in [0.4, 0.5) is 5.69 Å². The minimum Gasteiger partial charge on any atom is -0.497 e. The Morgan fingerprint density at radius 2 is 2.05 bits per heavy atom. The SMILES string of the molecule is COc1ccc(C#N)c(NC(C)c2cccc(Cl)c2)c1. The first kappa shape index (κ1) is 14.2. The molecule has 1 N–H and O–H groups in total. The Labute approximate surface area is 123 Å². The Morgan fingerprint density at radius 1 is 1.25 bits per heavy atom. The number of nitrogens with one attached hydrogen (secondary N) is 1. The van der Waals surface area contributed by atoms with Gasteiger partial charge in [-0.1, -0.05) is 23.7 Å². The molecule has 0 aliphatic heterocycles. The summed E-state index contributed by atoms with van der Waals surface area (Å²) in [4.78, 5) is 0. The van der Waals surface area contributed by atoms with Crippen molar-refractivity contribution in [1.82, 2.24) is 0 Å². The van der Waals surface area contributed by atoms with Crippen LogP contribution in [0, 0.1) is 11.3 Å². The minimum atomic E-state index is 0.0351. The van der Waals surface area contributed by atoms with Crippen molar-refractivity contribution in [3.63, 3.8) is 0 Å². The van der Waals surface area contributed by atoms with Crippen LogP contribution in [0.1, 0.15) is 24.1 Å². The maximum absolute atomic E-state index is 9.16. The fraction of sp³-hybridized carbons (Fsp3) is 0.188. The van der Waals surface area contributed by atoms with E-state index in [0.29, 0.717) is 16.3 Å². The van der Waals surface area contributed by atoms with Gasteiger partial charge in [-0.25, -0.2) is 0 Å². The third-order valence-electron chi connectivity index (χ3n) is 3.07. The van der Waals surface area contributed by atoms with Crippen LogP contribution in [-0.2, 0) is 0 Å². The second-order valence-corrected chi connectivity index (χ2v) is 4.88. The molecular weight excluding hydrogens is 272 g/mol. The average molecular weight is 287 g/mol. The highest BCUT2D eigenvalue weighted by atomic mass is 35.5. The fourth-order valence-electron chi connectivity index (χ4n) is 1.96. The molecular formula is C16H15ClN2O. The van der Waals surface area contributed by atoms with Crippen LogP contribution in [0.2, 0.25) is 5.02 Å². The van der Waals surface area contributed by atoms with Crippen LogP contribution in [0.5, 0.6) is 5.75 Å². The Balaban J connectivity index is 2.27. The van der Waals surface area contributed by atoms with Crippen molar-refractivity contribution in [2.45, 2.75) is 13.0 Å². The number of methoxy groups -OCH3 is 1. The van der Waals surface area contributed by atoms with Crippen molar-refractivity contribution in [3.05, 3.63) is 58.6 Å². The van der Waals surface area contributed by atoms with Crippen molar-refractivity contribution >= 4 is 17.3 Å². The molecule has 0 aromatic heterocycles. The zero-order valence-corrected chi connectivity index (χ0v) is 12.1. The number of hydrogen-bond donors (Lipinski definition) is 1. The van der Waals surface area contributed by atoms with Gasteiger partial charge in [-0.05, 0) is 36.8 Å². The lowest BCUT2D eigenvalue weighted by atomic mass is 10.1. The summed E-state index contributed by atoms with van der Waals surface area (Å²) >= 11 is 6.00. The molecule has 102 valence electrons. The van der Waals surface area contributed by atoms with E-state index in [-0.39, 0.29) is 6.04 Å². The number of benzene rings is 2. The molecule has 0 heterocycles. The molecule has 3 nitrogen and oxygen atoms in total. The number of nitriles is 1. The zero-order chi connectivity index (χ0) is 14.5. The number of anilines is 1. The van der Waals surface area contributed by atoms with Crippen LogP contribution in [0.15, 0.2) is 42.5 Å². The molecule has 0 aliphatic rings. The summed E-state index contributed by atoms with van der Waals surface area (Å²) in [5.74, 6) is 0.713. The van der Waals surface area contributed by atoms with E-state index < -0.39 is 0 Å². The van der Waals surface area contributed by atoms with Gasteiger partial charge in [0.15, 0.2) is 0 Å². The Hall–Kier alpha value is -2.18. The van der Waals surface area contributed by atoms with Gasteiger partial charge < -0.3 is 10.1 Å². The summed E-state index contributed by atoms with van der Waals surface area (Å²) in [7, 11) is 1.60. The maximum atomic E-state index is 9.16. The van der Waals surface area contributed by atoms with Crippen molar-refractivity contribution in [1.29, 1.82) is 5.26 Å². The molecule has 0 bridgehead atoms. The third kappa shape index (κ3) is 3.23. The molecule has 1 atom stereocenters. The number of nitrogens with zero attached hydrogens (tertiary/aromatic N) is 1. The van der Waals surface area contributed by atoms with E-state index in [4.69, 9.17) is 21.6 Å². The summed E-state index contributed by atoms with van der Waals surface area (Å²) in [6.07, 6.45) is 0. The number of hydrogen-bond acceptors (Lipinski definition) is 3. The molecule has 0 radical (unpaired) electrons. The van der Waals surface area contributed by atoms with E-state index in [0.717, 1.165) is 11.3 Å². The lowest BCUT2D eigenvalue weighted by Gasteiger charge is -2.17. The number of rotatable bonds is 4. The van der Waals surface area contributed by atoms with Gasteiger partial charge in [0.1, 0.15) is 11.8 Å². The standard InChI is InChI=1S/C16H15ClN2O/c1-11(12-4-3-5-14(17)8-12)19-16-9-15(20-2)7-6-13(16)10-18/h3-9,11,19H,1-2H3.